The van der Waals surface area contributed by atoms with Crippen molar-refractivity contribution in [1.29, 1.82) is 0 Å². The third-order valence-electron chi connectivity index (χ3n) is 1.15. The van der Waals surface area contributed by atoms with E-state index in [0.29, 0.717) is 6.04 Å². The van der Waals surface area contributed by atoms with Gasteiger partial charge in [0.2, 0.25) is 0 Å². The molecule has 0 amide bonds. The van der Waals surface area contributed by atoms with Gasteiger partial charge in [-0.05, 0) is 11.5 Å². The molecule has 0 spiro atoms. The monoisotopic (exact) mass is 216 g/mol. The summed E-state index contributed by atoms with van der Waals surface area (Å²) in [5.74, 6) is 0. The van der Waals surface area contributed by atoms with Crippen molar-refractivity contribution in [2.24, 2.45) is 5.41 Å². The van der Waals surface area contributed by atoms with Crippen LogP contribution in [0.1, 0.15) is 27.2 Å². The molecule has 0 aromatic heterocycles. The largest absolute Gasteiger partial charge is 1.00 e. The second-order valence-electron chi connectivity index (χ2n) is 3.66. The van der Waals surface area contributed by atoms with Crippen LogP contribution in [0, 0.1) is 5.41 Å². The molecule has 0 fully saturated rings. The summed E-state index contributed by atoms with van der Waals surface area (Å²) in [4.78, 5) is 0. The van der Waals surface area contributed by atoms with Crippen molar-refractivity contribution in [2.75, 3.05) is 0 Å². The minimum absolute atomic E-state index is 0. The first-order chi connectivity index (χ1) is 4.71. The quantitative estimate of drug-likeness (QED) is 0.405. The van der Waals surface area contributed by atoms with E-state index < -0.39 is 18.2 Å². The van der Waals surface area contributed by atoms with Gasteiger partial charge in [0.15, 0.2) is 8.67 Å². The Hall–Kier alpha value is 1.13. The van der Waals surface area contributed by atoms with Crippen molar-refractivity contribution >= 4 is 18.2 Å². The molecule has 0 aliphatic rings. The molecular weight excluding hydrogens is 203 g/mol. The van der Waals surface area contributed by atoms with Gasteiger partial charge in [-0.15, -0.1) is 0 Å². The smallest absolute Gasteiger partial charge is 0.754 e. The third-order valence-corrected chi connectivity index (χ3v) is 3.63. The van der Waals surface area contributed by atoms with Crippen molar-refractivity contribution in [2.45, 2.75) is 33.2 Å². The van der Waals surface area contributed by atoms with Crippen molar-refractivity contribution in [3.63, 3.8) is 0 Å². The van der Waals surface area contributed by atoms with Crippen molar-refractivity contribution in [1.82, 2.24) is 0 Å². The summed E-state index contributed by atoms with van der Waals surface area (Å²) in [5.41, 5.74) is 0.123. The topological polar surface area (TPSA) is 57.2 Å². The molecule has 0 saturated heterocycles. The molecule has 0 aliphatic carbocycles. The van der Waals surface area contributed by atoms with Gasteiger partial charge < -0.3 is 4.55 Å². The van der Waals surface area contributed by atoms with Crippen LogP contribution in [0.15, 0.2) is 0 Å². The summed E-state index contributed by atoms with van der Waals surface area (Å²) in [7, 11) is -4.44. The summed E-state index contributed by atoms with van der Waals surface area (Å²) < 4.78 is 30.5. The van der Waals surface area contributed by atoms with Gasteiger partial charge in [-0.2, -0.15) is 0 Å². The van der Waals surface area contributed by atoms with Crippen LogP contribution in [-0.4, -0.2) is 21.6 Å². The Bertz CT molecular complexity index is 207. The number of rotatable bonds is 3. The predicted molar refractivity (Wildman–Crippen MR) is 44.3 cm³/mol. The van der Waals surface area contributed by atoms with E-state index >= 15 is 0 Å². The summed E-state index contributed by atoms with van der Waals surface area (Å²) in [5, 5.41) is 0. The summed E-state index contributed by atoms with van der Waals surface area (Å²) in [6.07, 6.45) is 0.785. The summed E-state index contributed by atoms with van der Waals surface area (Å²) >= 11 is 0. The maximum Gasteiger partial charge on any atom is 1.00 e. The van der Waals surface area contributed by atoms with Crippen molar-refractivity contribution in [3.05, 3.63) is 0 Å². The molecule has 2 radical (unpaired) electrons. The van der Waals surface area contributed by atoms with E-state index in [0.717, 1.165) is 6.42 Å². The second-order valence-corrected chi connectivity index (χ2v) is 7.72. The first kappa shape index (κ1) is 15.6. The van der Waals surface area contributed by atoms with E-state index in [1.165, 1.54) is 0 Å². The van der Waals surface area contributed by atoms with Crippen LogP contribution in [0.3, 0.4) is 0 Å². The van der Waals surface area contributed by atoms with E-state index in [1.807, 2.05) is 20.8 Å². The molecule has 3 nitrogen and oxygen atoms in total. The Morgan fingerprint density at radius 3 is 2.00 bits per heavy atom. The average Bonchev–Trinajstić information content (AvgIpc) is 1.55. The zero-order valence-corrected chi connectivity index (χ0v) is 11.9. The Labute approximate surface area is 98.8 Å². The molecule has 0 bridgehead atoms. The molecule has 0 aliphatic heterocycles. The normalized spacial score (nSPS) is 12.3. The first-order valence-corrected chi connectivity index (χ1v) is 6.75. The van der Waals surface area contributed by atoms with Crippen LogP contribution in [0.5, 0.6) is 0 Å². The maximum absolute atomic E-state index is 10.2. The fourth-order valence-electron chi connectivity index (χ4n) is 0.551. The number of hydrogen-bond acceptors (Lipinski definition) is 3. The van der Waals surface area contributed by atoms with E-state index in [-0.39, 0.29) is 35.0 Å². The van der Waals surface area contributed by atoms with E-state index in [4.69, 9.17) is 0 Å². The van der Waals surface area contributed by atoms with Gasteiger partial charge in [-0.25, -0.2) is 0 Å². The average molecular weight is 216 g/mol. The molecule has 0 rings (SSSR count). The Balaban J connectivity index is 0. The van der Waals surface area contributed by atoms with Crippen LogP contribution < -0.4 is 29.6 Å². The standard InChI is InChI=1S/C6H14O3SSi.Na/c1-6(2,3)4-5-11-10(7,8)9;/h4-5H2,1-3H3,(H,7,8,9);/q;+1/p-1. The van der Waals surface area contributed by atoms with Gasteiger partial charge in [0, 0.05) is 0 Å². The molecule has 0 N–H and O–H groups in total. The van der Waals surface area contributed by atoms with E-state index in [9.17, 15) is 13.0 Å². The summed E-state index contributed by atoms with van der Waals surface area (Å²) in [6.45, 7) is 6.07. The minimum Gasteiger partial charge on any atom is -0.754 e. The third kappa shape index (κ3) is 13.7. The van der Waals surface area contributed by atoms with E-state index in [1.54, 1.807) is 0 Å². The van der Waals surface area contributed by atoms with Gasteiger partial charge >= 0.3 is 29.6 Å². The molecule has 0 unspecified atom stereocenters. The van der Waals surface area contributed by atoms with Crippen LogP contribution in [-0.2, 0) is 9.57 Å². The second kappa shape index (κ2) is 5.77. The van der Waals surface area contributed by atoms with Gasteiger partial charge in [-0.1, -0.05) is 27.2 Å². The van der Waals surface area contributed by atoms with Crippen LogP contribution in [0.2, 0.25) is 6.04 Å². The molecule has 6 heteroatoms. The van der Waals surface area contributed by atoms with Crippen molar-refractivity contribution < 1.29 is 42.5 Å². The molecule has 0 aromatic rings. The molecule has 0 saturated carbocycles. The molecular formula is C6H13NaO3SSi. The van der Waals surface area contributed by atoms with Gasteiger partial charge in [0.25, 0.3) is 0 Å². The van der Waals surface area contributed by atoms with Crippen LogP contribution in [0.4, 0.5) is 0 Å². The zero-order valence-electron chi connectivity index (χ0n) is 8.05. The molecule has 0 heterocycles. The van der Waals surface area contributed by atoms with Gasteiger partial charge in [-0.3, -0.25) is 8.42 Å². The van der Waals surface area contributed by atoms with Gasteiger partial charge in [0.05, 0.1) is 9.57 Å². The molecule has 0 aromatic carbocycles. The Morgan fingerprint density at radius 1 is 1.33 bits per heavy atom. The zero-order chi connectivity index (χ0) is 9.12. The van der Waals surface area contributed by atoms with Crippen LogP contribution in [0.25, 0.3) is 0 Å². The molecule has 12 heavy (non-hydrogen) atoms. The fourth-order valence-corrected chi connectivity index (χ4v) is 2.71. The van der Waals surface area contributed by atoms with Crippen molar-refractivity contribution in [3.8, 4) is 0 Å². The molecule has 0 atom stereocenters. The number of hydrogen-bond donors (Lipinski definition) is 0. The predicted octanol–water partition coefficient (Wildman–Crippen LogP) is -1.99. The minimum atomic E-state index is -3.97. The summed E-state index contributed by atoms with van der Waals surface area (Å²) in [6, 6.07) is 0.495. The SMILES string of the molecule is CC(C)(C)CC[Si]S(=O)(=O)[O-].[Na+]. The van der Waals surface area contributed by atoms with E-state index in [2.05, 4.69) is 0 Å². The fraction of sp³-hybridized carbons (Fsp3) is 1.00. The van der Waals surface area contributed by atoms with Gasteiger partial charge in [0.1, 0.15) is 0 Å². The van der Waals surface area contributed by atoms with Crippen LogP contribution >= 0.6 is 0 Å². The molecule has 66 valence electrons. The first-order valence-electron chi connectivity index (χ1n) is 3.41. The Morgan fingerprint density at radius 2 is 1.75 bits per heavy atom. The Kier molecular flexibility index (Phi) is 7.50. The maximum atomic E-state index is 10.2.